The Morgan fingerprint density at radius 2 is 2.07 bits per heavy atom. The van der Waals surface area contributed by atoms with Crippen LogP contribution >= 0.6 is 23.2 Å². The maximum atomic E-state index is 5.90. The first-order valence-corrected chi connectivity index (χ1v) is 5.14. The number of halogens is 2. The van der Waals surface area contributed by atoms with Gasteiger partial charge in [-0.3, -0.25) is 0 Å². The summed E-state index contributed by atoms with van der Waals surface area (Å²) in [5, 5.41) is 1.12. The average Bonchev–Trinajstić information content (AvgIpc) is 2.58. The molecule has 5 heteroatoms. The summed E-state index contributed by atoms with van der Waals surface area (Å²) < 4.78 is 0. The van der Waals surface area contributed by atoms with Crippen LogP contribution in [0.25, 0.3) is 0 Å². The number of H-pyrrole nitrogens is 1. The van der Waals surface area contributed by atoms with E-state index in [1.54, 1.807) is 12.3 Å². The molecule has 15 heavy (non-hydrogen) atoms. The molecule has 0 spiro atoms. The molecule has 3 N–H and O–H groups in total. The lowest BCUT2D eigenvalue weighted by Gasteiger charge is -2.01. The molecular formula is C10H9Cl2N3. The van der Waals surface area contributed by atoms with Crippen molar-refractivity contribution in [2.24, 2.45) is 0 Å². The van der Waals surface area contributed by atoms with Crippen molar-refractivity contribution in [2.75, 3.05) is 5.73 Å². The number of nitrogens with one attached hydrogen (secondary N) is 1. The number of nitrogen functional groups attached to an aromatic ring is 1. The molecule has 0 aliphatic rings. The molecule has 2 rings (SSSR count). The summed E-state index contributed by atoms with van der Waals surface area (Å²) in [6, 6.07) is 5.53. The van der Waals surface area contributed by atoms with Crippen LogP contribution in [-0.4, -0.2) is 9.97 Å². The molecule has 0 aliphatic carbocycles. The van der Waals surface area contributed by atoms with Crippen LogP contribution in [0.5, 0.6) is 0 Å². The topological polar surface area (TPSA) is 54.7 Å². The van der Waals surface area contributed by atoms with E-state index >= 15 is 0 Å². The molecule has 0 saturated carbocycles. The molecule has 0 fully saturated rings. The zero-order valence-corrected chi connectivity index (χ0v) is 9.31. The summed E-state index contributed by atoms with van der Waals surface area (Å²) in [4.78, 5) is 6.87. The van der Waals surface area contributed by atoms with Gasteiger partial charge in [0.05, 0.1) is 16.2 Å². The van der Waals surface area contributed by atoms with E-state index in [0.717, 1.165) is 11.3 Å². The van der Waals surface area contributed by atoms with Crippen LogP contribution in [-0.2, 0) is 6.42 Å². The van der Waals surface area contributed by atoms with Gasteiger partial charge in [-0.25, -0.2) is 4.98 Å². The highest BCUT2D eigenvalue weighted by molar-refractivity contribution is 6.42. The van der Waals surface area contributed by atoms with Crippen LogP contribution in [0.4, 0.5) is 5.95 Å². The van der Waals surface area contributed by atoms with Gasteiger partial charge < -0.3 is 10.7 Å². The molecule has 0 bridgehead atoms. The zero-order chi connectivity index (χ0) is 10.8. The number of nitrogens with zero attached hydrogens (tertiary/aromatic N) is 1. The Bertz CT molecular complexity index is 479. The minimum atomic E-state index is 0.421. The molecule has 0 unspecified atom stereocenters. The van der Waals surface area contributed by atoms with E-state index in [1.165, 1.54) is 0 Å². The molecule has 3 nitrogen and oxygen atoms in total. The maximum Gasteiger partial charge on any atom is 0.197 e. The second-order valence-corrected chi connectivity index (χ2v) is 4.03. The van der Waals surface area contributed by atoms with Gasteiger partial charge in [-0.15, -0.1) is 0 Å². The largest absolute Gasteiger partial charge is 0.369 e. The molecule has 0 radical (unpaired) electrons. The Hall–Kier alpha value is -1.19. The van der Waals surface area contributed by atoms with Crippen molar-refractivity contribution in [1.29, 1.82) is 0 Å². The summed E-state index contributed by atoms with van der Waals surface area (Å²) in [6.45, 7) is 0. The fourth-order valence-corrected chi connectivity index (χ4v) is 1.66. The average molecular weight is 242 g/mol. The molecule has 1 heterocycles. The minimum Gasteiger partial charge on any atom is -0.369 e. The van der Waals surface area contributed by atoms with Crippen molar-refractivity contribution < 1.29 is 0 Å². The number of benzene rings is 1. The van der Waals surface area contributed by atoms with Crippen molar-refractivity contribution >= 4 is 29.2 Å². The van der Waals surface area contributed by atoms with Crippen molar-refractivity contribution in [3.63, 3.8) is 0 Å². The zero-order valence-electron chi connectivity index (χ0n) is 7.80. The Morgan fingerprint density at radius 1 is 1.27 bits per heavy atom. The predicted molar refractivity (Wildman–Crippen MR) is 62.3 cm³/mol. The highest BCUT2D eigenvalue weighted by Crippen LogP contribution is 2.23. The van der Waals surface area contributed by atoms with Crippen LogP contribution < -0.4 is 5.73 Å². The lowest BCUT2D eigenvalue weighted by atomic mass is 10.1. The Kier molecular flexibility index (Phi) is 2.84. The third-order valence-electron chi connectivity index (χ3n) is 2.03. The number of hydrogen-bond donors (Lipinski definition) is 2. The predicted octanol–water partition coefficient (Wildman–Crippen LogP) is 2.89. The van der Waals surface area contributed by atoms with E-state index in [2.05, 4.69) is 9.97 Å². The Morgan fingerprint density at radius 3 is 2.67 bits per heavy atom. The summed E-state index contributed by atoms with van der Waals surface area (Å²) >= 11 is 11.7. The van der Waals surface area contributed by atoms with Gasteiger partial charge in [-0.05, 0) is 17.7 Å². The number of aromatic nitrogens is 2. The van der Waals surface area contributed by atoms with Crippen LogP contribution in [0.15, 0.2) is 24.4 Å². The standard InChI is InChI=1S/C10H9Cl2N3/c11-8-2-1-6(4-9(8)12)3-7-5-14-10(13)15-7/h1-2,4-5H,3H2,(H3,13,14,15). The highest BCUT2D eigenvalue weighted by Gasteiger charge is 2.02. The first-order valence-electron chi connectivity index (χ1n) is 4.38. The van der Waals surface area contributed by atoms with Crippen LogP contribution in [0.2, 0.25) is 10.0 Å². The van der Waals surface area contributed by atoms with Gasteiger partial charge in [-0.1, -0.05) is 29.3 Å². The van der Waals surface area contributed by atoms with Gasteiger partial charge in [0.15, 0.2) is 5.95 Å². The molecule has 78 valence electrons. The normalized spacial score (nSPS) is 10.5. The summed E-state index contributed by atoms with van der Waals surface area (Å²) in [5.74, 6) is 0.421. The summed E-state index contributed by atoms with van der Waals surface area (Å²) in [6.07, 6.45) is 2.42. The van der Waals surface area contributed by atoms with Crippen molar-refractivity contribution in [3.8, 4) is 0 Å². The number of nitrogens with two attached hydrogens (primary N) is 1. The second-order valence-electron chi connectivity index (χ2n) is 3.22. The van der Waals surface area contributed by atoms with Crippen molar-refractivity contribution in [3.05, 3.63) is 45.7 Å². The lowest BCUT2D eigenvalue weighted by Crippen LogP contribution is -1.90. The van der Waals surface area contributed by atoms with Crippen LogP contribution in [0.3, 0.4) is 0 Å². The fourth-order valence-electron chi connectivity index (χ4n) is 1.34. The van der Waals surface area contributed by atoms with E-state index in [9.17, 15) is 0 Å². The molecule has 0 saturated heterocycles. The first-order chi connectivity index (χ1) is 7.15. The summed E-state index contributed by atoms with van der Waals surface area (Å²) in [5.41, 5.74) is 7.49. The van der Waals surface area contributed by atoms with E-state index in [1.807, 2.05) is 12.1 Å². The second kappa shape index (κ2) is 4.13. The maximum absolute atomic E-state index is 5.90. The molecule has 2 aromatic rings. The van der Waals surface area contributed by atoms with Crippen molar-refractivity contribution in [2.45, 2.75) is 6.42 Å². The number of anilines is 1. The van der Waals surface area contributed by atoms with Crippen molar-refractivity contribution in [1.82, 2.24) is 9.97 Å². The van der Waals surface area contributed by atoms with E-state index in [4.69, 9.17) is 28.9 Å². The van der Waals surface area contributed by atoms with Gasteiger partial charge in [0.2, 0.25) is 0 Å². The summed E-state index contributed by atoms with van der Waals surface area (Å²) in [7, 11) is 0. The number of aromatic amines is 1. The van der Waals surface area contributed by atoms with Gasteiger partial charge in [0.1, 0.15) is 0 Å². The third-order valence-corrected chi connectivity index (χ3v) is 2.77. The number of rotatable bonds is 2. The molecule has 0 aliphatic heterocycles. The lowest BCUT2D eigenvalue weighted by molar-refractivity contribution is 1.11. The van der Waals surface area contributed by atoms with Gasteiger partial charge in [0.25, 0.3) is 0 Å². The van der Waals surface area contributed by atoms with Gasteiger partial charge >= 0.3 is 0 Å². The molecular weight excluding hydrogens is 233 g/mol. The third kappa shape index (κ3) is 2.43. The highest BCUT2D eigenvalue weighted by atomic mass is 35.5. The molecule has 0 amide bonds. The van der Waals surface area contributed by atoms with E-state index < -0.39 is 0 Å². The Balaban J connectivity index is 2.21. The van der Waals surface area contributed by atoms with E-state index in [0.29, 0.717) is 22.4 Å². The molecule has 1 aromatic heterocycles. The number of imidazole rings is 1. The monoisotopic (exact) mass is 241 g/mol. The number of hydrogen-bond acceptors (Lipinski definition) is 2. The quantitative estimate of drug-likeness (QED) is 0.850. The minimum absolute atomic E-state index is 0.421. The first kappa shape index (κ1) is 10.3. The van der Waals surface area contributed by atoms with Crippen LogP contribution in [0.1, 0.15) is 11.3 Å². The molecule has 1 aromatic carbocycles. The van der Waals surface area contributed by atoms with Crippen LogP contribution in [0, 0.1) is 0 Å². The van der Waals surface area contributed by atoms with Gasteiger partial charge in [0, 0.05) is 12.1 Å². The smallest absolute Gasteiger partial charge is 0.197 e. The Labute approximate surface area is 97.2 Å². The van der Waals surface area contributed by atoms with E-state index in [-0.39, 0.29) is 0 Å². The fraction of sp³-hybridized carbons (Fsp3) is 0.100. The molecule has 0 atom stereocenters. The SMILES string of the molecule is Nc1ncc(Cc2ccc(Cl)c(Cl)c2)[nH]1. The van der Waals surface area contributed by atoms with Gasteiger partial charge in [-0.2, -0.15) is 0 Å².